The number of hydrogen-bond donors (Lipinski definition) is 3. The molecular formula is C9H9N3O4S. The van der Waals surface area contributed by atoms with Crippen molar-refractivity contribution in [1.82, 2.24) is 10.2 Å². The van der Waals surface area contributed by atoms with E-state index in [0.29, 0.717) is 0 Å². The van der Waals surface area contributed by atoms with Crippen LogP contribution in [0, 0.1) is 5.41 Å². The Balaban J connectivity index is 2.29. The number of carbonyl (C=O) groups excluding carboxylic acids is 2. The van der Waals surface area contributed by atoms with Crippen LogP contribution in [0.15, 0.2) is 11.8 Å². The average molecular weight is 255 g/mol. The molecule has 90 valence electrons. The summed E-state index contributed by atoms with van der Waals surface area (Å²) in [5.41, 5.74) is -0.328. The van der Waals surface area contributed by atoms with Gasteiger partial charge in [0.25, 0.3) is 5.91 Å². The minimum absolute atomic E-state index is 0.141. The third-order valence-corrected chi connectivity index (χ3v) is 3.59. The molecular weight excluding hydrogens is 246 g/mol. The highest BCUT2D eigenvalue weighted by molar-refractivity contribution is 8.01. The van der Waals surface area contributed by atoms with Crippen molar-refractivity contribution in [3.8, 4) is 0 Å². The maximum absolute atomic E-state index is 11.3. The molecule has 2 heterocycles. The van der Waals surface area contributed by atoms with Crippen molar-refractivity contribution < 1.29 is 19.5 Å². The number of nitrogens with one attached hydrogen (secondary N) is 2. The van der Waals surface area contributed by atoms with Crippen LogP contribution in [0.25, 0.3) is 0 Å². The summed E-state index contributed by atoms with van der Waals surface area (Å²) in [6.07, 6.45) is 1.30. The summed E-state index contributed by atoms with van der Waals surface area (Å²) < 4.78 is 0. The summed E-state index contributed by atoms with van der Waals surface area (Å²) >= 11 is 1.15. The molecule has 7 nitrogen and oxygen atoms in total. The number of aliphatic carboxylic acids is 1. The first-order valence-corrected chi connectivity index (χ1v) is 5.65. The number of amides is 2. The normalized spacial score (nSPS) is 26.9. The number of carboxylic acids is 1. The highest BCUT2D eigenvalue weighted by atomic mass is 32.2. The lowest BCUT2D eigenvalue weighted by Crippen LogP contribution is -2.63. The number of carbonyl (C=O) groups is 3. The van der Waals surface area contributed by atoms with Gasteiger partial charge < -0.3 is 10.4 Å². The minimum atomic E-state index is -1.24. The van der Waals surface area contributed by atoms with Crippen LogP contribution < -0.4 is 5.32 Å². The van der Waals surface area contributed by atoms with Crippen molar-refractivity contribution in [2.45, 2.75) is 17.7 Å². The first-order chi connectivity index (χ1) is 7.91. The Morgan fingerprint density at radius 1 is 1.59 bits per heavy atom. The van der Waals surface area contributed by atoms with E-state index < -0.39 is 22.6 Å². The van der Waals surface area contributed by atoms with Gasteiger partial charge in [-0.2, -0.15) is 0 Å². The molecule has 1 unspecified atom stereocenters. The summed E-state index contributed by atoms with van der Waals surface area (Å²) in [5.74, 6) is -2.14. The van der Waals surface area contributed by atoms with Gasteiger partial charge in [0.2, 0.25) is 5.91 Å². The summed E-state index contributed by atoms with van der Waals surface area (Å²) in [7, 11) is 0. The maximum Gasteiger partial charge on any atom is 0.352 e. The highest BCUT2D eigenvalue weighted by Crippen LogP contribution is 2.37. The Kier molecular flexibility index (Phi) is 2.66. The fourth-order valence-corrected chi connectivity index (χ4v) is 2.91. The molecule has 2 aliphatic heterocycles. The highest BCUT2D eigenvalue weighted by Gasteiger charge is 2.50. The summed E-state index contributed by atoms with van der Waals surface area (Å²) in [4.78, 5) is 34.3. The second-order valence-corrected chi connectivity index (χ2v) is 4.78. The molecule has 17 heavy (non-hydrogen) atoms. The average Bonchev–Trinajstić information content (AvgIpc) is 2.26. The summed E-state index contributed by atoms with van der Waals surface area (Å²) in [6, 6.07) is 0. The topological polar surface area (TPSA) is 111 Å². The third kappa shape index (κ3) is 1.80. The van der Waals surface area contributed by atoms with E-state index in [1.165, 1.54) is 13.0 Å². The Labute approximate surface area is 100 Å². The van der Waals surface area contributed by atoms with E-state index in [0.717, 1.165) is 16.7 Å². The molecule has 1 saturated heterocycles. The van der Waals surface area contributed by atoms with E-state index in [4.69, 9.17) is 10.5 Å². The summed E-state index contributed by atoms with van der Waals surface area (Å²) in [5, 5.41) is 17.8. The van der Waals surface area contributed by atoms with Crippen LogP contribution in [0.2, 0.25) is 0 Å². The Hall–Kier alpha value is -1.83. The molecule has 2 aliphatic rings. The molecule has 0 aromatic carbocycles. The molecule has 0 aliphatic carbocycles. The molecule has 0 saturated carbocycles. The zero-order valence-corrected chi connectivity index (χ0v) is 9.58. The number of hydrogen-bond acceptors (Lipinski definition) is 5. The Bertz CT molecular complexity index is 473. The van der Waals surface area contributed by atoms with Crippen molar-refractivity contribution >= 4 is 35.3 Å². The Morgan fingerprint density at radius 2 is 2.24 bits per heavy atom. The smallest absolute Gasteiger partial charge is 0.352 e. The van der Waals surface area contributed by atoms with E-state index in [1.807, 2.05) is 0 Å². The van der Waals surface area contributed by atoms with Gasteiger partial charge in [-0.15, -0.1) is 11.8 Å². The van der Waals surface area contributed by atoms with Crippen molar-refractivity contribution in [3.63, 3.8) is 0 Å². The molecule has 0 spiro atoms. The van der Waals surface area contributed by atoms with Crippen LogP contribution in [0.5, 0.6) is 0 Å². The minimum Gasteiger partial charge on any atom is -0.477 e. The summed E-state index contributed by atoms with van der Waals surface area (Å²) in [6.45, 7) is 1.32. The zero-order valence-electron chi connectivity index (χ0n) is 8.76. The second kappa shape index (κ2) is 3.88. The van der Waals surface area contributed by atoms with E-state index >= 15 is 0 Å². The molecule has 2 amide bonds. The van der Waals surface area contributed by atoms with Gasteiger partial charge >= 0.3 is 5.97 Å². The standard InChI is InChI=1S/C9H9N3O4S/c1-3(13)11-5-2-4(9(15)16)12-7(14)6(10)8(12)17-5/h2,5,8,10H,1H3,(H,11,13)(H,15,16)/t5?,8-/m1/s1. The predicted molar refractivity (Wildman–Crippen MR) is 59.3 cm³/mol. The van der Waals surface area contributed by atoms with Crippen LogP contribution >= 0.6 is 11.8 Å². The number of rotatable bonds is 2. The molecule has 1 fully saturated rings. The van der Waals surface area contributed by atoms with Crippen molar-refractivity contribution in [2.24, 2.45) is 0 Å². The van der Waals surface area contributed by atoms with Gasteiger partial charge in [-0.05, 0) is 6.08 Å². The lowest BCUT2D eigenvalue weighted by atomic mass is 10.1. The van der Waals surface area contributed by atoms with Crippen molar-refractivity contribution in [1.29, 1.82) is 5.41 Å². The Morgan fingerprint density at radius 3 is 2.76 bits per heavy atom. The molecule has 0 radical (unpaired) electrons. The van der Waals surface area contributed by atoms with Crippen LogP contribution in [0.3, 0.4) is 0 Å². The number of carboxylic acid groups (broad SMARTS) is 1. The van der Waals surface area contributed by atoms with E-state index in [-0.39, 0.29) is 17.3 Å². The van der Waals surface area contributed by atoms with Gasteiger partial charge in [0.15, 0.2) is 0 Å². The third-order valence-electron chi connectivity index (χ3n) is 2.34. The monoisotopic (exact) mass is 255 g/mol. The molecule has 2 atom stereocenters. The quantitative estimate of drug-likeness (QED) is 0.568. The van der Waals surface area contributed by atoms with Gasteiger partial charge in [-0.3, -0.25) is 19.9 Å². The number of nitrogens with zero attached hydrogens (tertiary/aromatic N) is 1. The van der Waals surface area contributed by atoms with Gasteiger partial charge in [-0.25, -0.2) is 4.79 Å². The fourth-order valence-electron chi connectivity index (χ4n) is 1.62. The van der Waals surface area contributed by atoms with Crippen molar-refractivity contribution in [3.05, 3.63) is 11.8 Å². The lowest BCUT2D eigenvalue weighted by molar-refractivity contribution is -0.139. The zero-order chi connectivity index (χ0) is 12.7. The molecule has 0 bridgehead atoms. The number of fused-ring (bicyclic) bond motifs is 1. The molecule has 2 rings (SSSR count). The van der Waals surface area contributed by atoms with Gasteiger partial charge in [0.1, 0.15) is 16.8 Å². The largest absolute Gasteiger partial charge is 0.477 e. The van der Waals surface area contributed by atoms with Crippen LogP contribution in [0.4, 0.5) is 0 Å². The second-order valence-electron chi connectivity index (χ2n) is 3.56. The molecule has 3 N–H and O–H groups in total. The van der Waals surface area contributed by atoms with E-state index in [1.54, 1.807) is 0 Å². The van der Waals surface area contributed by atoms with Crippen LogP contribution in [-0.2, 0) is 14.4 Å². The SMILES string of the molecule is CC(=O)NC1C=C(C(=O)O)N2C(=O)C(=N)[C@H]2S1. The first-order valence-electron chi connectivity index (χ1n) is 4.71. The van der Waals surface area contributed by atoms with Crippen LogP contribution in [0.1, 0.15) is 6.92 Å². The number of thioether (sulfide) groups is 1. The molecule has 0 aromatic rings. The predicted octanol–water partition coefficient (Wildman–Crippen LogP) is -0.648. The van der Waals surface area contributed by atoms with Crippen LogP contribution in [-0.4, -0.2) is 44.2 Å². The number of β-lactam (4-membered cyclic amide) rings is 1. The molecule has 0 aromatic heterocycles. The van der Waals surface area contributed by atoms with E-state index in [2.05, 4.69) is 5.32 Å². The molecule has 8 heteroatoms. The fraction of sp³-hybridized carbons (Fsp3) is 0.333. The van der Waals surface area contributed by atoms with Gasteiger partial charge in [0.05, 0.1) is 5.37 Å². The first kappa shape index (κ1) is 11.6. The van der Waals surface area contributed by atoms with Gasteiger partial charge in [-0.1, -0.05) is 0 Å². The maximum atomic E-state index is 11.3. The van der Waals surface area contributed by atoms with E-state index in [9.17, 15) is 14.4 Å². The van der Waals surface area contributed by atoms with Crippen molar-refractivity contribution in [2.75, 3.05) is 0 Å². The van der Waals surface area contributed by atoms with Gasteiger partial charge in [0, 0.05) is 6.92 Å². The lowest BCUT2D eigenvalue weighted by Gasteiger charge is -2.44.